The zero-order valence-corrected chi connectivity index (χ0v) is 18.1. The van der Waals surface area contributed by atoms with Crippen LogP contribution in [0, 0.1) is 0 Å². The molecule has 2 aliphatic rings. The van der Waals surface area contributed by atoms with Crippen LogP contribution >= 0.6 is 12.4 Å². The molecule has 0 radical (unpaired) electrons. The summed E-state index contributed by atoms with van der Waals surface area (Å²) >= 11 is 0. The monoisotopic (exact) mass is 430 g/mol. The number of rotatable bonds is 7. The molecule has 1 saturated heterocycles. The summed E-state index contributed by atoms with van der Waals surface area (Å²) in [5.74, 6) is -0.113. The van der Waals surface area contributed by atoms with Crippen molar-refractivity contribution in [1.82, 2.24) is 14.8 Å². The zero-order valence-electron chi connectivity index (χ0n) is 17.2. The van der Waals surface area contributed by atoms with Gasteiger partial charge >= 0.3 is 6.09 Å². The molecule has 0 aliphatic carbocycles. The Hall–Kier alpha value is -2.77. The minimum Gasteiger partial charge on any atom is -0.448 e. The maximum absolute atomic E-state index is 12.5. The van der Waals surface area contributed by atoms with Gasteiger partial charge < -0.3 is 19.9 Å². The molecule has 160 valence electrons. The van der Waals surface area contributed by atoms with Crippen LogP contribution in [-0.4, -0.2) is 53.0 Å². The second-order valence-electron chi connectivity index (χ2n) is 7.33. The van der Waals surface area contributed by atoms with Gasteiger partial charge in [0.05, 0.1) is 12.1 Å². The second kappa shape index (κ2) is 9.36. The molecule has 1 fully saturated rings. The maximum atomic E-state index is 12.5. The molecular weight excluding hydrogens is 404 g/mol. The molecule has 0 bridgehead atoms. The fraction of sp³-hybridized carbons (Fsp3) is 0.364. The number of aromatic nitrogens is 1. The molecule has 2 aliphatic heterocycles. The molecule has 7 nitrogen and oxygen atoms in total. The third-order valence-corrected chi connectivity index (χ3v) is 5.44. The Kier molecular flexibility index (Phi) is 6.84. The number of nitrogens with zero attached hydrogens (tertiary/aromatic N) is 2. The van der Waals surface area contributed by atoms with Crippen molar-refractivity contribution in [3.8, 4) is 0 Å². The maximum Gasteiger partial charge on any atom is 0.410 e. The summed E-state index contributed by atoms with van der Waals surface area (Å²) in [5, 5.41) is 2.92. The number of amides is 2. The number of ether oxygens (including phenoxy) is 1. The van der Waals surface area contributed by atoms with E-state index in [1.807, 2.05) is 30.3 Å². The van der Waals surface area contributed by atoms with Crippen LogP contribution in [0.25, 0.3) is 11.6 Å². The number of hydrogen-bond acceptors (Lipinski definition) is 4. The van der Waals surface area contributed by atoms with Crippen LogP contribution in [0.3, 0.4) is 0 Å². The van der Waals surface area contributed by atoms with E-state index in [4.69, 9.17) is 4.74 Å². The van der Waals surface area contributed by atoms with Crippen LogP contribution in [0.5, 0.6) is 0 Å². The molecule has 8 heteroatoms. The number of carbonyl (C=O) groups excluding carboxylic acids is 2. The fourth-order valence-electron chi connectivity index (χ4n) is 3.75. The Bertz CT molecular complexity index is 965. The van der Waals surface area contributed by atoms with Crippen LogP contribution < -0.4 is 5.32 Å². The highest BCUT2D eigenvalue weighted by molar-refractivity contribution is 6.34. The van der Waals surface area contributed by atoms with Crippen LogP contribution in [0.4, 0.5) is 10.5 Å². The van der Waals surface area contributed by atoms with Crippen molar-refractivity contribution in [2.45, 2.75) is 26.9 Å². The molecule has 2 aromatic rings. The predicted octanol–water partition coefficient (Wildman–Crippen LogP) is 3.72. The summed E-state index contributed by atoms with van der Waals surface area (Å²) < 4.78 is 4.99. The number of benzene rings is 1. The molecule has 2 N–H and O–H groups in total. The molecule has 30 heavy (non-hydrogen) atoms. The summed E-state index contributed by atoms with van der Waals surface area (Å²) in [6.45, 7) is 8.64. The van der Waals surface area contributed by atoms with Gasteiger partial charge in [0.2, 0.25) is 0 Å². The quantitative estimate of drug-likeness (QED) is 0.656. The molecule has 0 spiro atoms. The van der Waals surface area contributed by atoms with Crippen molar-refractivity contribution >= 4 is 41.7 Å². The van der Waals surface area contributed by atoms with E-state index in [0.29, 0.717) is 25.3 Å². The van der Waals surface area contributed by atoms with Gasteiger partial charge in [-0.05, 0) is 49.0 Å². The molecule has 0 saturated carbocycles. The van der Waals surface area contributed by atoms with E-state index >= 15 is 0 Å². The Balaban J connectivity index is 0.00000256. The topological polar surface area (TPSA) is 77.7 Å². The van der Waals surface area contributed by atoms with E-state index < -0.39 is 0 Å². The average Bonchev–Trinajstić information content (AvgIpc) is 3.41. The van der Waals surface area contributed by atoms with Crippen LogP contribution in [0.1, 0.15) is 36.4 Å². The van der Waals surface area contributed by atoms with Gasteiger partial charge in [-0.15, -0.1) is 12.4 Å². The van der Waals surface area contributed by atoms with Gasteiger partial charge in [0.25, 0.3) is 5.91 Å². The van der Waals surface area contributed by atoms with Gasteiger partial charge in [0.15, 0.2) is 0 Å². The fourth-order valence-corrected chi connectivity index (χ4v) is 3.75. The number of aromatic amines is 1. The first-order chi connectivity index (χ1) is 14.1. The van der Waals surface area contributed by atoms with E-state index in [1.165, 1.54) is 0 Å². The second-order valence-corrected chi connectivity index (χ2v) is 7.33. The highest BCUT2D eigenvalue weighted by atomic mass is 35.5. The average molecular weight is 431 g/mol. The van der Waals surface area contributed by atoms with Gasteiger partial charge in [-0.2, -0.15) is 0 Å². The highest BCUT2D eigenvalue weighted by Gasteiger charge is 2.26. The normalized spacial score (nSPS) is 16.6. The largest absolute Gasteiger partial charge is 0.448 e. The molecule has 2 amide bonds. The van der Waals surface area contributed by atoms with Crippen molar-refractivity contribution in [1.29, 1.82) is 0 Å². The minimum atomic E-state index is -0.289. The summed E-state index contributed by atoms with van der Waals surface area (Å²) in [5.41, 5.74) is 5.28. The zero-order chi connectivity index (χ0) is 20.4. The Morgan fingerprint density at radius 2 is 1.97 bits per heavy atom. The molecule has 3 heterocycles. The third kappa shape index (κ3) is 4.52. The summed E-state index contributed by atoms with van der Waals surface area (Å²) in [4.78, 5) is 31.6. The molecule has 1 aromatic heterocycles. The third-order valence-electron chi connectivity index (χ3n) is 5.44. The van der Waals surface area contributed by atoms with E-state index in [-0.39, 0.29) is 24.4 Å². The van der Waals surface area contributed by atoms with Crippen LogP contribution in [0.15, 0.2) is 30.3 Å². The number of nitrogens with one attached hydrogen (secondary N) is 2. The summed E-state index contributed by atoms with van der Waals surface area (Å²) in [6.07, 6.45) is 1.60. The number of H-pyrrole nitrogens is 1. The van der Waals surface area contributed by atoms with Crippen LogP contribution in [0.2, 0.25) is 0 Å². The number of halogens is 1. The molecule has 0 atom stereocenters. The van der Waals surface area contributed by atoms with Crippen LogP contribution in [-0.2, 0) is 22.6 Å². The van der Waals surface area contributed by atoms with Crippen molar-refractivity contribution in [2.24, 2.45) is 0 Å². The lowest BCUT2D eigenvalue weighted by Gasteiger charge is -2.16. The lowest BCUT2D eigenvalue weighted by atomic mass is 10.0. The molecular formula is C22H27ClN4O3. The van der Waals surface area contributed by atoms with Crippen molar-refractivity contribution in [3.05, 3.63) is 52.8 Å². The smallest absolute Gasteiger partial charge is 0.410 e. The van der Waals surface area contributed by atoms with Gasteiger partial charge in [0.1, 0.15) is 6.61 Å². The standard InChI is InChI=1S/C22H26N4O3.ClH/c1-3-25(4-2)14-17-7-6-16(23-17)12-19-18-11-15(5-8-20(18)24-21(19)27)13-26-9-10-29-22(26)28;/h5-8,11-12,23H,3-4,9-10,13-14H2,1-2H3,(H,24,27);1H/b19-12+;. The number of hydrogen-bond donors (Lipinski definition) is 2. The Morgan fingerprint density at radius 1 is 1.17 bits per heavy atom. The summed E-state index contributed by atoms with van der Waals surface area (Å²) in [6, 6.07) is 9.87. The Morgan fingerprint density at radius 3 is 2.67 bits per heavy atom. The van der Waals surface area contributed by atoms with Crippen molar-refractivity contribution in [2.75, 3.05) is 31.6 Å². The van der Waals surface area contributed by atoms with E-state index in [0.717, 1.165) is 47.8 Å². The van der Waals surface area contributed by atoms with E-state index in [9.17, 15) is 9.59 Å². The van der Waals surface area contributed by atoms with E-state index in [1.54, 1.807) is 4.90 Å². The van der Waals surface area contributed by atoms with Gasteiger partial charge in [-0.3, -0.25) is 9.69 Å². The number of cyclic esters (lactones) is 1. The van der Waals surface area contributed by atoms with Gasteiger partial charge in [-0.1, -0.05) is 19.9 Å². The van der Waals surface area contributed by atoms with Crippen molar-refractivity contribution < 1.29 is 14.3 Å². The van der Waals surface area contributed by atoms with E-state index in [2.05, 4.69) is 35.1 Å². The molecule has 1 aromatic carbocycles. The minimum absolute atomic E-state index is 0. The predicted molar refractivity (Wildman–Crippen MR) is 119 cm³/mol. The first-order valence-corrected chi connectivity index (χ1v) is 10.1. The van der Waals surface area contributed by atoms with Gasteiger partial charge in [-0.25, -0.2) is 4.79 Å². The summed E-state index contributed by atoms with van der Waals surface area (Å²) in [7, 11) is 0. The first kappa shape index (κ1) is 21.9. The van der Waals surface area contributed by atoms with Crippen molar-refractivity contribution in [3.63, 3.8) is 0 Å². The lowest BCUT2D eigenvalue weighted by Crippen LogP contribution is -2.23. The highest BCUT2D eigenvalue weighted by Crippen LogP contribution is 2.34. The number of anilines is 1. The van der Waals surface area contributed by atoms with Gasteiger partial charge in [0, 0.05) is 35.7 Å². The molecule has 0 unspecified atom stereocenters. The number of carbonyl (C=O) groups is 2. The molecule has 4 rings (SSSR count). The number of fused-ring (bicyclic) bond motifs is 1. The lowest BCUT2D eigenvalue weighted by molar-refractivity contribution is -0.110. The Labute approximate surface area is 182 Å². The SMILES string of the molecule is CCN(CC)Cc1ccc(/C=C2/C(=O)Nc3ccc(CN4CCOC4=O)cc32)[nH]1.Cl. The first-order valence-electron chi connectivity index (χ1n) is 10.1.